The van der Waals surface area contributed by atoms with Crippen LogP contribution in [0.2, 0.25) is 10.0 Å². The Morgan fingerprint density at radius 2 is 1.72 bits per heavy atom. The Morgan fingerprint density at radius 1 is 1.06 bits per heavy atom. The smallest absolute Gasteiger partial charge is 0.166 e. The number of ether oxygens (including phenoxy) is 1. The van der Waals surface area contributed by atoms with Crippen molar-refractivity contribution in [3.8, 4) is 5.75 Å². The average Bonchev–Trinajstić information content (AvgIpc) is 2.32. The third-order valence-corrected chi connectivity index (χ3v) is 2.85. The molecule has 0 saturated heterocycles. The number of halogens is 3. The van der Waals surface area contributed by atoms with Crippen molar-refractivity contribution in [2.75, 3.05) is 5.73 Å². The van der Waals surface area contributed by atoms with Crippen LogP contribution >= 0.6 is 23.2 Å². The lowest BCUT2D eigenvalue weighted by molar-refractivity contribution is 0.291. The van der Waals surface area contributed by atoms with Gasteiger partial charge in [-0.15, -0.1) is 0 Å². The molecule has 0 heterocycles. The van der Waals surface area contributed by atoms with Crippen LogP contribution in [-0.2, 0) is 6.61 Å². The van der Waals surface area contributed by atoms with E-state index in [-0.39, 0.29) is 12.4 Å². The number of anilines is 1. The van der Waals surface area contributed by atoms with Crippen LogP contribution in [0, 0.1) is 5.82 Å². The van der Waals surface area contributed by atoms with Crippen LogP contribution in [0.15, 0.2) is 36.4 Å². The van der Waals surface area contributed by atoms with Gasteiger partial charge in [0.05, 0.1) is 0 Å². The quantitative estimate of drug-likeness (QED) is 0.854. The van der Waals surface area contributed by atoms with Crippen molar-refractivity contribution in [1.82, 2.24) is 0 Å². The summed E-state index contributed by atoms with van der Waals surface area (Å²) < 4.78 is 18.8. The zero-order valence-electron chi connectivity index (χ0n) is 9.29. The van der Waals surface area contributed by atoms with Crippen molar-refractivity contribution in [2.24, 2.45) is 0 Å². The molecule has 0 radical (unpaired) electrons. The van der Waals surface area contributed by atoms with Crippen molar-refractivity contribution in [3.63, 3.8) is 0 Å². The summed E-state index contributed by atoms with van der Waals surface area (Å²) in [6, 6.07) is 9.27. The summed E-state index contributed by atoms with van der Waals surface area (Å²) in [6.07, 6.45) is 0. The molecule has 0 bridgehead atoms. The van der Waals surface area contributed by atoms with E-state index in [1.54, 1.807) is 24.3 Å². The summed E-state index contributed by atoms with van der Waals surface area (Å²) in [5.74, 6) is -0.387. The van der Waals surface area contributed by atoms with Crippen LogP contribution in [0.1, 0.15) is 5.56 Å². The van der Waals surface area contributed by atoms with Crippen molar-refractivity contribution in [3.05, 3.63) is 57.8 Å². The van der Waals surface area contributed by atoms with Crippen LogP contribution in [0.25, 0.3) is 0 Å². The highest BCUT2D eigenvalue weighted by Crippen LogP contribution is 2.24. The Hall–Kier alpha value is -1.45. The highest BCUT2D eigenvalue weighted by Gasteiger charge is 2.06. The lowest BCUT2D eigenvalue weighted by atomic mass is 10.2. The standard InChI is InChI=1S/C13H10Cl2FNO/c14-9-1-3-12(17)8(5-9)7-18-13-4-2-10(15)6-11(13)16/h1-6H,7,17H2. The van der Waals surface area contributed by atoms with Gasteiger partial charge in [-0.05, 0) is 36.4 Å². The number of rotatable bonds is 3. The second-order valence-electron chi connectivity index (χ2n) is 3.71. The van der Waals surface area contributed by atoms with Gasteiger partial charge in [0.25, 0.3) is 0 Å². The highest BCUT2D eigenvalue weighted by atomic mass is 35.5. The fraction of sp³-hybridized carbons (Fsp3) is 0.0769. The molecule has 0 saturated carbocycles. The molecule has 2 rings (SSSR count). The van der Waals surface area contributed by atoms with Gasteiger partial charge < -0.3 is 10.5 Å². The van der Waals surface area contributed by atoms with Crippen molar-refractivity contribution >= 4 is 28.9 Å². The molecular weight excluding hydrogens is 276 g/mol. The van der Waals surface area contributed by atoms with Crippen LogP contribution in [0.4, 0.5) is 10.1 Å². The summed E-state index contributed by atoms with van der Waals surface area (Å²) in [4.78, 5) is 0. The monoisotopic (exact) mass is 285 g/mol. The summed E-state index contributed by atoms with van der Waals surface area (Å²) in [6.45, 7) is 0.144. The largest absolute Gasteiger partial charge is 0.486 e. The van der Waals surface area contributed by atoms with Gasteiger partial charge >= 0.3 is 0 Å². The van der Waals surface area contributed by atoms with Gasteiger partial charge in [-0.25, -0.2) is 4.39 Å². The van der Waals surface area contributed by atoms with Gasteiger partial charge in [0, 0.05) is 21.3 Å². The molecule has 0 aliphatic carbocycles. The molecule has 18 heavy (non-hydrogen) atoms. The van der Waals surface area contributed by atoms with Crippen molar-refractivity contribution in [1.29, 1.82) is 0 Å². The zero-order valence-corrected chi connectivity index (χ0v) is 10.8. The third kappa shape index (κ3) is 3.06. The second-order valence-corrected chi connectivity index (χ2v) is 4.58. The molecule has 2 nitrogen and oxygen atoms in total. The Balaban J connectivity index is 2.13. The fourth-order valence-electron chi connectivity index (χ4n) is 1.45. The van der Waals surface area contributed by atoms with E-state index in [1.807, 2.05) is 0 Å². The van der Waals surface area contributed by atoms with E-state index in [9.17, 15) is 4.39 Å². The normalized spacial score (nSPS) is 10.4. The summed E-state index contributed by atoms with van der Waals surface area (Å²) in [5, 5.41) is 0.876. The van der Waals surface area contributed by atoms with Gasteiger partial charge in [-0.2, -0.15) is 0 Å². The molecule has 0 fully saturated rings. The molecule has 0 atom stereocenters. The minimum atomic E-state index is -0.511. The van der Waals surface area contributed by atoms with Crippen LogP contribution < -0.4 is 10.5 Å². The van der Waals surface area contributed by atoms with Crippen LogP contribution in [0.5, 0.6) is 5.75 Å². The topological polar surface area (TPSA) is 35.2 Å². The van der Waals surface area contributed by atoms with Crippen LogP contribution in [0.3, 0.4) is 0 Å². The maximum Gasteiger partial charge on any atom is 0.166 e. The van der Waals surface area contributed by atoms with E-state index < -0.39 is 5.82 Å². The first-order valence-corrected chi connectivity index (χ1v) is 5.93. The van der Waals surface area contributed by atoms with Gasteiger partial charge in [-0.3, -0.25) is 0 Å². The lowest BCUT2D eigenvalue weighted by Crippen LogP contribution is -2.01. The predicted octanol–water partition coefficient (Wildman–Crippen LogP) is 4.29. The highest BCUT2D eigenvalue weighted by molar-refractivity contribution is 6.31. The lowest BCUT2D eigenvalue weighted by Gasteiger charge is -2.09. The van der Waals surface area contributed by atoms with E-state index in [0.29, 0.717) is 21.3 Å². The van der Waals surface area contributed by atoms with Crippen molar-refractivity contribution < 1.29 is 9.13 Å². The molecule has 2 aromatic rings. The SMILES string of the molecule is Nc1ccc(Cl)cc1COc1ccc(Cl)cc1F. The zero-order chi connectivity index (χ0) is 13.1. The Kier molecular flexibility index (Phi) is 3.94. The first kappa shape index (κ1) is 13.0. The first-order valence-electron chi connectivity index (χ1n) is 5.18. The van der Waals surface area contributed by atoms with Crippen LogP contribution in [-0.4, -0.2) is 0 Å². The molecule has 0 amide bonds. The minimum Gasteiger partial charge on any atom is -0.486 e. The molecule has 0 aromatic heterocycles. The van der Waals surface area contributed by atoms with E-state index in [0.717, 1.165) is 0 Å². The summed E-state index contributed by atoms with van der Waals surface area (Å²) in [7, 11) is 0. The molecule has 0 aliphatic heterocycles. The van der Waals surface area contributed by atoms with Gasteiger partial charge in [0.1, 0.15) is 6.61 Å². The maximum atomic E-state index is 13.5. The second kappa shape index (κ2) is 5.46. The van der Waals surface area contributed by atoms with Gasteiger partial charge in [-0.1, -0.05) is 23.2 Å². The molecule has 0 aliphatic rings. The number of nitrogen functional groups attached to an aromatic ring is 1. The summed E-state index contributed by atoms with van der Waals surface area (Å²) in [5.41, 5.74) is 7.02. The molecule has 0 unspecified atom stereocenters. The molecular formula is C13H10Cl2FNO. The Labute approximate surface area is 114 Å². The Bertz CT molecular complexity index is 575. The first-order chi connectivity index (χ1) is 8.56. The maximum absolute atomic E-state index is 13.5. The van der Waals surface area contributed by atoms with E-state index >= 15 is 0 Å². The molecule has 94 valence electrons. The summed E-state index contributed by atoms with van der Waals surface area (Å²) >= 11 is 11.5. The number of benzene rings is 2. The fourth-order valence-corrected chi connectivity index (χ4v) is 1.80. The minimum absolute atomic E-state index is 0.124. The Morgan fingerprint density at radius 3 is 2.44 bits per heavy atom. The van der Waals surface area contributed by atoms with Gasteiger partial charge in [0.15, 0.2) is 11.6 Å². The van der Waals surface area contributed by atoms with E-state index in [2.05, 4.69) is 0 Å². The number of nitrogens with two attached hydrogens (primary N) is 1. The molecule has 0 spiro atoms. The average molecular weight is 286 g/mol. The molecule has 2 aromatic carbocycles. The van der Waals surface area contributed by atoms with E-state index in [4.69, 9.17) is 33.7 Å². The molecule has 2 N–H and O–H groups in total. The van der Waals surface area contributed by atoms with Gasteiger partial charge in [0.2, 0.25) is 0 Å². The predicted molar refractivity (Wildman–Crippen MR) is 71.6 cm³/mol. The number of hydrogen-bond acceptors (Lipinski definition) is 2. The third-order valence-electron chi connectivity index (χ3n) is 2.38. The van der Waals surface area contributed by atoms with E-state index in [1.165, 1.54) is 12.1 Å². The van der Waals surface area contributed by atoms with Crippen molar-refractivity contribution in [2.45, 2.75) is 6.61 Å². The molecule has 5 heteroatoms. The number of hydrogen-bond donors (Lipinski definition) is 1.